The SMILES string of the molecule is CCCCCCCCCCC1Cc2ccc(C(=O)OCC(O)CO)cc2N1. The molecule has 0 amide bonds. The number of benzene rings is 1. The number of aliphatic hydroxyl groups excluding tert-OH is 2. The Labute approximate surface area is 163 Å². The van der Waals surface area contributed by atoms with Crippen LogP contribution in [0.1, 0.15) is 80.6 Å². The summed E-state index contributed by atoms with van der Waals surface area (Å²) in [6, 6.07) is 6.03. The number of rotatable bonds is 13. The number of carbonyl (C=O) groups excluding carboxylic acids is 1. The molecular formula is C22H35NO4. The fourth-order valence-corrected chi connectivity index (χ4v) is 3.56. The van der Waals surface area contributed by atoms with Crippen molar-refractivity contribution >= 4 is 11.7 Å². The van der Waals surface area contributed by atoms with Crippen LogP contribution < -0.4 is 5.32 Å². The summed E-state index contributed by atoms with van der Waals surface area (Å²) in [4.78, 5) is 12.0. The van der Waals surface area contributed by atoms with Gasteiger partial charge in [-0.2, -0.15) is 0 Å². The number of nitrogens with one attached hydrogen (secondary N) is 1. The molecule has 5 nitrogen and oxygen atoms in total. The predicted octanol–water partition coefficient (Wildman–Crippen LogP) is 4.06. The van der Waals surface area contributed by atoms with Gasteiger partial charge in [-0.1, -0.05) is 64.4 Å². The molecule has 0 radical (unpaired) electrons. The number of anilines is 1. The largest absolute Gasteiger partial charge is 0.459 e. The van der Waals surface area contributed by atoms with E-state index < -0.39 is 18.7 Å². The van der Waals surface area contributed by atoms with Crippen molar-refractivity contribution in [2.24, 2.45) is 0 Å². The molecule has 27 heavy (non-hydrogen) atoms. The molecule has 0 aromatic heterocycles. The maximum absolute atomic E-state index is 12.0. The molecule has 1 aliphatic rings. The van der Waals surface area contributed by atoms with Gasteiger partial charge in [0.15, 0.2) is 0 Å². The van der Waals surface area contributed by atoms with E-state index in [1.165, 1.54) is 56.9 Å². The molecule has 1 aliphatic heterocycles. The highest BCUT2D eigenvalue weighted by atomic mass is 16.5. The fraction of sp³-hybridized carbons (Fsp3) is 0.682. The third-order valence-electron chi connectivity index (χ3n) is 5.20. The van der Waals surface area contributed by atoms with Gasteiger partial charge in [-0.3, -0.25) is 0 Å². The molecule has 2 unspecified atom stereocenters. The van der Waals surface area contributed by atoms with Crippen molar-refractivity contribution in [3.05, 3.63) is 29.3 Å². The zero-order chi connectivity index (χ0) is 19.5. The summed E-state index contributed by atoms with van der Waals surface area (Å²) in [7, 11) is 0. The van der Waals surface area contributed by atoms with Crippen LogP contribution in [0.4, 0.5) is 5.69 Å². The molecule has 1 heterocycles. The van der Waals surface area contributed by atoms with Gasteiger partial charge in [0.2, 0.25) is 0 Å². The third kappa shape index (κ3) is 7.51. The fourth-order valence-electron chi connectivity index (χ4n) is 3.56. The van der Waals surface area contributed by atoms with E-state index in [9.17, 15) is 9.90 Å². The Bertz CT molecular complexity index is 575. The first-order valence-corrected chi connectivity index (χ1v) is 10.5. The lowest BCUT2D eigenvalue weighted by atomic mass is 10.0. The summed E-state index contributed by atoms with van der Waals surface area (Å²) < 4.78 is 5.02. The van der Waals surface area contributed by atoms with Crippen LogP contribution in [0.15, 0.2) is 18.2 Å². The highest BCUT2D eigenvalue weighted by Crippen LogP contribution is 2.29. The van der Waals surface area contributed by atoms with E-state index >= 15 is 0 Å². The Balaban J connectivity index is 1.68. The van der Waals surface area contributed by atoms with Crippen LogP contribution >= 0.6 is 0 Å². The summed E-state index contributed by atoms with van der Waals surface area (Å²) in [5.74, 6) is -0.473. The van der Waals surface area contributed by atoms with E-state index in [4.69, 9.17) is 9.84 Å². The monoisotopic (exact) mass is 377 g/mol. The summed E-state index contributed by atoms with van der Waals surface area (Å²) in [6.07, 6.45) is 11.8. The Morgan fingerprint density at radius 3 is 2.59 bits per heavy atom. The summed E-state index contributed by atoms with van der Waals surface area (Å²) in [5, 5.41) is 21.6. The molecule has 0 saturated carbocycles. The van der Waals surface area contributed by atoms with Crippen molar-refractivity contribution < 1.29 is 19.7 Å². The number of ether oxygens (including phenoxy) is 1. The lowest BCUT2D eigenvalue weighted by molar-refractivity contribution is 0.00933. The van der Waals surface area contributed by atoms with Gasteiger partial charge < -0.3 is 20.3 Å². The van der Waals surface area contributed by atoms with E-state index in [0.29, 0.717) is 11.6 Å². The van der Waals surface area contributed by atoms with Crippen LogP contribution in [-0.2, 0) is 11.2 Å². The molecule has 5 heteroatoms. The molecule has 0 spiro atoms. The first kappa shape index (κ1) is 21.7. The minimum Gasteiger partial charge on any atom is -0.459 e. The van der Waals surface area contributed by atoms with E-state index in [0.717, 1.165) is 18.5 Å². The van der Waals surface area contributed by atoms with Crippen molar-refractivity contribution in [1.82, 2.24) is 0 Å². The van der Waals surface area contributed by atoms with Gasteiger partial charge in [0.1, 0.15) is 12.7 Å². The smallest absolute Gasteiger partial charge is 0.338 e. The first-order chi connectivity index (χ1) is 13.1. The number of hydrogen-bond acceptors (Lipinski definition) is 5. The highest BCUT2D eigenvalue weighted by molar-refractivity contribution is 5.91. The Hall–Kier alpha value is -1.59. The minimum atomic E-state index is -1.03. The minimum absolute atomic E-state index is 0.194. The zero-order valence-corrected chi connectivity index (χ0v) is 16.6. The molecule has 0 aliphatic carbocycles. The lowest BCUT2D eigenvalue weighted by Gasteiger charge is -2.11. The van der Waals surface area contributed by atoms with Crippen molar-refractivity contribution in [3.8, 4) is 0 Å². The molecule has 1 aromatic carbocycles. The first-order valence-electron chi connectivity index (χ1n) is 10.5. The number of esters is 1. The number of unbranched alkanes of at least 4 members (excludes halogenated alkanes) is 7. The molecule has 152 valence electrons. The Morgan fingerprint density at radius 2 is 1.89 bits per heavy atom. The van der Waals surface area contributed by atoms with Crippen molar-refractivity contribution in [1.29, 1.82) is 0 Å². The number of fused-ring (bicyclic) bond motifs is 1. The molecule has 2 atom stereocenters. The zero-order valence-electron chi connectivity index (χ0n) is 16.6. The van der Waals surface area contributed by atoms with Gasteiger partial charge in [0, 0.05) is 11.7 Å². The lowest BCUT2D eigenvalue weighted by Crippen LogP contribution is -2.22. The van der Waals surface area contributed by atoms with Gasteiger partial charge >= 0.3 is 5.97 Å². The second-order valence-corrected chi connectivity index (χ2v) is 7.62. The Morgan fingerprint density at radius 1 is 1.19 bits per heavy atom. The van der Waals surface area contributed by atoms with Gasteiger partial charge in [0.25, 0.3) is 0 Å². The van der Waals surface area contributed by atoms with Crippen LogP contribution in [0.3, 0.4) is 0 Å². The number of hydrogen-bond donors (Lipinski definition) is 3. The highest BCUT2D eigenvalue weighted by Gasteiger charge is 2.22. The molecule has 0 fully saturated rings. The number of carbonyl (C=O) groups is 1. The van der Waals surface area contributed by atoms with Crippen LogP contribution in [-0.4, -0.2) is 41.5 Å². The van der Waals surface area contributed by atoms with Crippen LogP contribution in [0.2, 0.25) is 0 Å². The van der Waals surface area contributed by atoms with Crippen molar-refractivity contribution in [3.63, 3.8) is 0 Å². The molecule has 3 N–H and O–H groups in total. The van der Waals surface area contributed by atoms with Gasteiger partial charge in [0.05, 0.1) is 12.2 Å². The summed E-state index contributed by atoms with van der Waals surface area (Å²) in [5.41, 5.74) is 2.72. The average molecular weight is 378 g/mol. The molecule has 0 saturated heterocycles. The van der Waals surface area contributed by atoms with Gasteiger partial charge in [-0.15, -0.1) is 0 Å². The van der Waals surface area contributed by atoms with Crippen LogP contribution in [0, 0.1) is 0 Å². The van der Waals surface area contributed by atoms with E-state index in [1.807, 2.05) is 12.1 Å². The maximum atomic E-state index is 12.0. The predicted molar refractivity (Wildman–Crippen MR) is 108 cm³/mol. The van der Waals surface area contributed by atoms with Gasteiger partial charge in [-0.25, -0.2) is 4.79 Å². The van der Waals surface area contributed by atoms with E-state index in [1.54, 1.807) is 6.07 Å². The number of aliphatic hydroxyl groups is 2. The third-order valence-corrected chi connectivity index (χ3v) is 5.20. The molecular weight excluding hydrogens is 342 g/mol. The van der Waals surface area contributed by atoms with E-state index in [2.05, 4.69) is 12.2 Å². The van der Waals surface area contributed by atoms with Gasteiger partial charge in [-0.05, 0) is 30.5 Å². The van der Waals surface area contributed by atoms with Crippen molar-refractivity contribution in [2.75, 3.05) is 18.5 Å². The molecule has 1 aromatic rings. The standard InChI is InChI=1S/C22H35NO4/c1-2-3-4-5-6-7-8-9-10-19-13-17-11-12-18(14-21(17)23-19)22(26)27-16-20(25)15-24/h11-12,14,19-20,23-25H,2-10,13,15-16H2,1H3. The summed E-state index contributed by atoms with van der Waals surface area (Å²) in [6.45, 7) is 1.64. The normalized spacial score (nSPS) is 16.6. The van der Waals surface area contributed by atoms with Crippen LogP contribution in [0.5, 0.6) is 0 Å². The van der Waals surface area contributed by atoms with E-state index in [-0.39, 0.29) is 6.61 Å². The average Bonchev–Trinajstić information content (AvgIpc) is 3.09. The van der Waals surface area contributed by atoms with Crippen molar-refractivity contribution in [2.45, 2.75) is 83.3 Å². The quantitative estimate of drug-likeness (QED) is 0.357. The second kappa shape index (κ2) is 12.0. The van der Waals surface area contributed by atoms with Crippen LogP contribution in [0.25, 0.3) is 0 Å². The second-order valence-electron chi connectivity index (χ2n) is 7.62. The maximum Gasteiger partial charge on any atom is 0.338 e. The topological polar surface area (TPSA) is 78.8 Å². The molecule has 2 rings (SSSR count). The molecule has 0 bridgehead atoms. The summed E-state index contributed by atoms with van der Waals surface area (Å²) >= 11 is 0. The Kier molecular flexibility index (Phi) is 9.64.